The molecule has 1 aliphatic carbocycles. The molecule has 88 valence electrons. The number of nitrogens with two attached hydrogens (primary N) is 1. The molecule has 0 aliphatic heterocycles. The maximum Gasteiger partial charge on any atom is 0.0899 e. The van der Waals surface area contributed by atoms with Gasteiger partial charge in [-0.3, -0.25) is 4.90 Å². The second-order valence-electron chi connectivity index (χ2n) is 4.42. The van der Waals surface area contributed by atoms with Crippen LogP contribution in [0.25, 0.3) is 0 Å². The van der Waals surface area contributed by atoms with E-state index < -0.39 is 0 Å². The number of thiocarbonyl (C=S) groups is 1. The van der Waals surface area contributed by atoms with E-state index in [-0.39, 0.29) is 6.04 Å². The van der Waals surface area contributed by atoms with Crippen LogP contribution in [-0.4, -0.2) is 42.2 Å². The van der Waals surface area contributed by atoms with Crippen molar-refractivity contribution >= 4 is 17.2 Å². The molecule has 0 spiro atoms. The maximum absolute atomic E-state index is 5.67. The van der Waals surface area contributed by atoms with Crippen molar-refractivity contribution in [3.63, 3.8) is 0 Å². The first-order chi connectivity index (χ1) is 7.06. The van der Waals surface area contributed by atoms with Crippen molar-refractivity contribution in [2.24, 2.45) is 5.73 Å². The molecule has 15 heavy (non-hydrogen) atoms. The minimum absolute atomic E-state index is 0.181. The van der Waals surface area contributed by atoms with Gasteiger partial charge in [-0.2, -0.15) is 0 Å². The summed E-state index contributed by atoms with van der Waals surface area (Å²) < 4.78 is 5.42. The van der Waals surface area contributed by atoms with Gasteiger partial charge in [-0.15, -0.1) is 0 Å². The van der Waals surface area contributed by atoms with Crippen LogP contribution in [0.15, 0.2) is 0 Å². The Balaban J connectivity index is 2.51. The van der Waals surface area contributed by atoms with Gasteiger partial charge >= 0.3 is 0 Å². The molecule has 0 amide bonds. The summed E-state index contributed by atoms with van der Waals surface area (Å²) in [6.45, 7) is 2.07. The van der Waals surface area contributed by atoms with Crippen LogP contribution in [0.1, 0.15) is 32.6 Å². The van der Waals surface area contributed by atoms with Crippen molar-refractivity contribution in [3.05, 3.63) is 0 Å². The summed E-state index contributed by atoms with van der Waals surface area (Å²) in [5.74, 6) is 0. The molecule has 2 N–H and O–H groups in total. The summed E-state index contributed by atoms with van der Waals surface area (Å²) in [7, 11) is 3.90. The topological polar surface area (TPSA) is 38.5 Å². The lowest BCUT2D eigenvalue weighted by atomic mass is 9.91. The normalized spacial score (nSPS) is 29.1. The molecule has 3 atom stereocenters. The molecule has 0 aromatic carbocycles. The molecular formula is C11H22N2OS. The van der Waals surface area contributed by atoms with E-state index in [0.29, 0.717) is 17.1 Å². The fourth-order valence-electron chi connectivity index (χ4n) is 2.22. The molecule has 1 aliphatic rings. The number of nitrogens with zero attached hydrogens (tertiary/aromatic N) is 1. The quantitative estimate of drug-likeness (QED) is 0.744. The zero-order valence-corrected chi connectivity index (χ0v) is 10.7. The highest BCUT2D eigenvalue weighted by Gasteiger charge is 2.27. The van der Waals surface area contributed by atoms with Gasteiger partial charge in [-0.1, -0.05) is 12.2 Å². The third-order valence-electron chi connectivity index (χ3n) is 3.53. The molecule has 0 heterocycles. The predicted octanol–water partition coefficient (Wildman–Crippen LogP) is 1.55. The van der Waals surface area contributed by atoms with Crippen LogP contribution >= 0.6 is 12.2 Å². The zero-order valence-electron chi connectivity index (χ0n) is 9.90. The Morgan fingerprint density at radius 2 is 2.20 bits per heavy atom. The number of likely N-dealkylation sites (N-methyl/N-ethyl adjacent to an activating group) is 1. The number of rotatable bonds is 4. The molecule has 0 aromatic heterocycles. The second-order valence-corrected chi connectivity index (χ2v) is 4.89. The van der Waals surface area contributed by atoms with Gasteiger partial charge in [0.1, 0.15) is 0 Å². The first-order valence-corrected chi connectivity index (χ1v) is 6.01. The average molecular weight is 230 g/mol. The molecule has 4 heteroatoms. The van der Waals surface area contributed by atoms with Crippen molar-refractivity contribution in [3.8, 4) is 0 Å². The summed E-state index contributed by atoms with van der Waals surface area (Å²) in [5, 5.41) is 0. The molecule has 0 bridgehead atoms. The SMILES string of the molecule is COC1CCCC(N(C)C(C)C(N)=S)C1. The Morgan fingerprint density at radius 3 is 2.73 bits per heavy atom. The maximum atomic E-state index is 5.67. The molecule has 0 radical (unpaired) electrons. The van der Waals surface area contributed by atoms with Crippen LogP contribution in [0.2, 0.25) is 0 Å². The van der Waals surface area contributed by atoms with Crippen molar-refractivity contribution in [2.45, 2.75) is 50.8 Å². The Hall–Kier alpha value is -0.190. The van der Waals surface area contributed by atoms with Crippen LogP contribution in [-0.2, 0) is 4.74 Å². The van der Waals surface area contributed by atoms with Crippen LogP contribution in [0.3, 0.4) is 0 Å². The standard InChI is InChI=1S/C11H22N2OS/c1-8(11(12)15)13(2)9-5-4-6-10(7-9)14-3/h8-10H,4-7H2,1-3H3,(H2,12,15). The summed E-state index contributed by atoms with van der Waals surface area (Å²) in [4.78, 5) is 2.87. The van der Waals surface area contributed by atoms with Gasteiger partial charge < -0.3 is 10.5 Å². The molecule has 3 nitrogen and oxygen atoms in total. The molecule has 1 rings (SSSR count). The van der Waals surface area contributed by atoms with E-state index in [1.54, 1.807) is 7.11 Å². The van der Waals surface area contributed by atoms with Crippen LogP contribution in [0.4, 0.5) is 0 Å². The fraction of sp³-hybridized carbons (Fsp3) is 0.909. The van der Waals surface area contributed by atoms with Gasteiger partial charge in [0, 0.05) is 13.2 Å². The van der Waals surface area contributed by atoms with Gasteiger partial charge in [0.05, 0.1) is 17.1 Å². The smallest absolute Gasteiger partial charge is 0.0899 e. The summed E-state index contributed by atoms with van der Waals surface area (Å²) in [5.41, 5.74) is 5.67. The average Bonchev–Trinajstić information content (AvgIpc) is 2.27. The minimum Gasteiger partial charge on any atom is -0.392 e. The van der Waals surface area contributed by atoms with Crippen LogP contribution < -0.4 is 5.73 Å². The van der Waals surface area contributed by atoms with Crippen molar-refractivity contribution in [2.75, 3.05) is 14.2 Å². The highest BCUT2D eigenvalue weighted by Crippen LogP contribution is 2.25. The lowest BCUT2D eigenvalue weighted by Gasteiger charge is -2.37. The van der Waals surface area contributed by atoms with Crippen LogP contribution in [0.5, 0.6) is 0 Å². The Bertz CT molecular complexity index is 223. The highest BCUT2D eigenvalue weighted by atomic mass is 32.1. The summed E-state index contributed by atoms with van der Waals surface area (Å²) in [6.07, 6.45) is 5.15. The molecule has 1 fully saturated rings. The molecule has 3 unspecified atom stereocenters. The third kappa shape index (κ3) is 3.40. The van der Waals surface area contributed by atoms with Crippen LogP contribution in [0, 0.1) is 0 Å². The van der Waals surface area contributed by atoms with E-state index >= 15 is 0 Å². The largest absolute Gasteiger partial charge is 0.392 e. The van der Waals surface area contributed by atoms with E-state index in [1.165, 1.54) is 19.3 Å². The molecule has 1 saturated carbocycles. The van der Waals surface area contributed by atoms with Crippen molar-refractivity contribution in [1.29, 1.82) is 0 Å². The molecule has 0 saturated heterocycles. The van der Waals surface area contributed by atoms with Gasteiger partial charge in [-0.25, -0.2) is 0 Å². The minimum atomic E-state index is 0.181. The van der Waals surface area contributed by atoms with E-state index in [9.17, 15) is 0 Å². The van der Waals surface area contributed by atoms with E-state index in [0.717, 1.165) is 6.42 Å². The Kier molecular flexibility index (Phi) is 4.96. The lowest BCUT2D eigenvalue weighted by Crippen LogP contribution is -2.47. The fourth-order valence-corrected chi connectivity index (χ4v) is 2.39. The van der Waals surface area contributed by atoms with Crippen molar-refractivity contribution < 1.29 is 4.74 Å². The zero-order chi connectivity index (χ0) is 11.4. The summed E-state index contributed by atoms with van der Waals surface area (Å²) in [6, 6.07) is 0.737. The van der Waals surface area contributed by atoms with E-state index in [1.807, 2.05) is 0 Å². The van der Waals surface area contributed by atoms with Gasteiger partial charge in [-0.05, 0) is 39.7 Å². The first kappa shape index (κ1) is 12.9. The second kappa shape index (κ2) is 5.77. The van der Waals surface area contributed by atoms with Gasteiger partial charge in [0.25, 0.3) is 0 Å². The number of hydrogen-bond donors (Lipinski definition) is 1. The molecule has 0 aromatic rings. The number of methoxy groups -OCH3 is 1. The number of ether oxygens (including phenoxy) is 1. The van der Waals surface area contributed by atoms with E-state index in [4.69, 9.17) is 22.7 Å². The lowest BCUT2D eigenvalue weighted by molar-refractivity contribution is 0.0318. The first-order valence-electron chi connectivity index (χ1n) is 5.60. The monoisotopic (exact) mass is 230 g/mol. The Labute approximate surface area is 98.0 Å². The van der Waals surface area contributed by atoms with Crippen molar-refractivity contribution in [1.82, 2.24) is 4.90 Å². The van der Waals surface area contributed by atoms with E-state index in [2.05, 4.69) is 18.9 Å². The highest BCUT2D eigenvalue weighted by molar-refractivity contribution is 7.80. The van der Waals surface area contributed by atoms with Gasteiger partial charge in [0.15, 0.2) is 0 Å². The summed E-state index contributed by atoms with van der Waals surface area (Å²) >= 11 is 5.03. The van der Waals surface area contributed by atoms with Gasteiger partial charge in [0.2, 0.25) is 0 Å². The number of hydrogen-bond acceptors (Lipinski definition) is 3. The Morgan fingerprint density at radius 1 is 1.53 bits per heavy atom. The predicted molar refractivity (Wildman–Crippen MR) is 67.1 cm³/mol. The molecular weight excluding hydrogens is 208 g/mol. The third-order valence-corrected chi connectivity index (χ3v) is 3.87.